The van der Waals surface area contributed by atoms with Gasteiger partial charge in [-0.15, -0.1) is 0 Å². The topological polar surface area (TPSA) is 90.0 Å². The SMILES string of the molecule is Cc1nn(CCCNC2CC2)c(C)c1S(N)(=O)=O. The molecule has 1 aromatic rings. The van der Waals surface area contributed by atoms with Crippen molar-refractivity contribution in [1.82, 2.24) is 15.1 Å². The molecule has 1 aromatic heterocycles. The molecule has 7 heteroatoms. The molecule has 0 aliphatic heterocycles. The van der Waals surface area contributed by atoms with Crippen molar-refractivity contribution in [2.24, 2.45) is 5.14 Å². The van der Waals surface area contributed by atoms with Gasteiger partial charge >= 0.3 is 0 Å². The lowest BCUT2D eigenvalue weighted by atomic mass is 10.3. The molecule has 0 spiro atoms. The number of aromatic nitrogens is 2. The first-order chi connectivity index (χ1) is 8.39. The highest BCUT2D eigenvalue weighted by Gasteiger charge is 2.21. The standard InChI is InChI=1S/C11H20N4O2S/c1-8-11(18(12,16)17)9(2)15(14-8)7-3-6-13-10-4-5-10/h10,13H,3-7H2,1-2H3,(H2,12,16,17). The highest BCUT2D eigenvalue weighted by molar-refractivity contribution is 7.89. The summed E-state index contributed by atoms with van der Waals surface area (Å²) in [4.78, 5) is 0.164. The van der Waals surface area contributed by atoms with E-state index in [9.17, 15) is 8.42 Å². The second-order valence-electron chi connectivity index (χ2n) is 4.85. The molecule has 0 saturated heterocycles. The van der Waals surface area contributed by atoms with Gasteiger partial charge in [0.1, 0.15) is 4.90 Å². The van der Waals surface area contributed by atoms with Crippen molar-refractivity contribution < 1.29 is 8.42 Å². The Balaban J connectivity index is 2.00. The number of rotatable bonds is 6. The Morgan fingerprint density at radius 1 is 1.44 bits per heavy atom. The number of nitrogens with one attached hydrogen (secondary N) is 1. The predicted molar refractivity (Wildman–Crippen MR) is 68.7 cm³/mol. The minimum absolute atomic E-state index is 0.164. The van der Waals surface area contributed by atoms with Crippen molar-refractivity contribution in [3.63, 3.8) is 0 Å². The van der Waals surface area contributed by atoms with Gasteiger partial charge in [-0.05, 0) is 39.7 Å². The van der Waals surface area contributed by atoms with Gasteiger partial charge in [0.05, 0.1) is 11.4 Å². The summed E-state index contributed by atoms with van der Waals surface area (Å²) >= 11 is 0. The Hall–Kier alpha value is -0.920. The van der Waals surface area contributed by atoms with Crippen molar-refractivity contribution in [2.75, 3.05) is 6.54 Å². The summed E-state index contributed by atoms with van der Waals surface area (Å²) < 4.78 is 24.6. The van der Waals surface area contributed by atoms with Crippen LogP contribution in [0, 0.1) is 13.8 Å². The van der Waals surface area contributed by atoms with Crippen molar-refractivity contribution in [1.29, 1.82) is 0 Å². The molecule has 1 heterocycles. The van der Waals surface area contributed by atoms with Crippen molar-refractivity contribution in [2.45, 2.75) is 50.6 Å². The zero-order valence-electron chi connectivity index (χ0n) is 10.8. The second kappa shape index (κ2) is 4.99. The fourth-order valence-corrected chi connectivity index (χ4v) is 3.10. The third-order valence-electron chi connectivity index (χ3n) is 3.16. The molecule has 1 fully saturated rings. The van der Waals surface area contributed by atoms with E-state index in [1.165, 1.54) is 12.8 Å². The maximum absolute atomic E-state index is 11.4. The van der Waals surface area contributed by atoms with Gasteiger partial charge in [-0.2, -0.15) is 5.10 Å². The van der Waals surface area contributed by atoms with Gasteiger partial charge in [0, 0.05) is 12.6 Å². The molecule has 1 aliphatic rings. The number of hydrogen-bond acceptors (Lipinski definition) is 4. The molecular formula is C11H20N4O2S. The number of aryl methyl sites for hydroxylation is 2. The zero-order chi connectivity index (χ0) is 13.3. The smallest absolute Gasteiger partial charge is 0.241 e. The van der Waals surface area contributed by atoms with E-state index in [0.29, 0.717) is 24.0 Å². The highest BCUT2D eigenvalue weighted by Crippen LogP contribution is 2.19. The monoisotopic (exact) mass is 272 g/mol. The van der Waals surface area contributed by atoms with Crippen LogP contribution in [0.25, 0.3) is 0 Å². The van der Waals surface area contributed by atoms with Crippen LogP contribution in [-0.2, 0) is 16.6 Å². The molecule has 102 valence electrons. The summed E-state index contributed by atoms with van der Waals surface area (Å²) in [7, 11) is -3.68. The van der Waals surface area contributed by atoms with E-state index in [4.69, 9.17) is 5.14 Å². The molecule has 0 bridgehead atoms. The van der Waals surface area contributed by atoms with E-state index < -0.39 is 10.0 Å². The van der Waals surface area contributed by atoms with Crippen LogP contribution in [0.15, 0.2) is 4.90 Å². The van der Waals surface area contributed by atoms with Gasteiger partial charge < -0.3 is 5.32 Å². The number of hydrogen-bond donors (Lipinski definition) is 2. The Morgan fingerprint density at radius 3 is 2.61 bits per heavy atom. The van der Waals surface area contributed by atoms with E-state index in [-0.39, 0.29) is 4.90 Å². The number of nitrogens with zero attached hydrogens (tertiary/aromatic N) is 2. The van der Waals surface area contributed by atoms with Gasteiger partial charge in [0.15, 0.2) is 0 Å². The van der Waals surface area contributed by atoms with Crippen molar-refractivity contribution in [3.8, 4) is 0 Å². The molecule has 0 unspecified atom stereocenters. The third kappa shape index (κ3) is 3.09. The molecule has 0 atom stereocenters. The van der Waals surface area contributed by atoms with E-state index >= 15 is 0 Å². The summed E-state index contributed by atoms with van der Waals surface area (Å²) in [5.74, 6) is 0. The number of sulfonamides is 1. The largest absolute Gasteiger partial charge is 0.314 e. The molecule has 1 aliphatic carbocycles. The minimum atomic E-state index is -3.68. The van der Waals surface area contributed by atoms with Gasteiger partial charge in [0.25, 0.3) is 0 Å². The molecule has 3 N–H and O–H groups in total. The fraction of sp³-hybridized carbons (Fsp3) is 0.727. The summed E-state index contributed by atoms with van der Waals surface area (Å²) in [5, 5.41) is 12.8. The summed E-state index contributed by atoms with van der Waals surface area (Å²) in [6, 6.07) is 0.699. The van der Waals surface area contributed by atoms with Gasteiger partial charge in [0.2, 0.25) is 10.0 Å². The number of primary sulfonamides is 1. The van der Waals surface area contributed by atoms with E-state index in [2.05, 4.69) is 10.4 Å². The van der Waals surface area contributed by atoms with Crippen LogP contribution in [-0.4, -0.2) is 30.8 Å². The first kappa shape index (κ1) is 13.5. The molecule has 2 rings (SSSR count). The zero-order valence-corrected chi connectivity index (χ0v) is 11.6. The quantitative estimate of drug-likeness (QED) is 0.728. The maximum atomic E-state index is 11.4. The van der Waals surface area contributed by atoms with Crippen molar-refractivity contribution in [3.05, 3.63) is 11.4 Å². The molecule has 0 radical (unpaired) electrons. The van der Waals surface area contributed by atoms with Crippen LogP contribution in [0.2, 0.25) is 0 Å². The Labute approximate surface area is 108 Å². The molecule has 18 heavy (non-hydrogen) atoms. The maximum Gasteiger partial charge on any atom is 0.241 e. The van der Waals surface area contributed by atoms with Gasteiger partial charge in [-0.3, -0.25) is 4.68 Å². The Morgan fingerprint density at radius 2 is 2.11 bits per heavy atom. The number of nitrogens with two attached hydrogens (primary N) is 1. The Bertz CT molecular complexity index is 531. The van der Waals surface area contributed by atoms with Crippen LogP contribution < -0.4 is 10.5 Å². The average molecular weight is 272 g/mol. The first-order valence-corrected chi connectivity index (χ1v) is 7.74. The third-order valence-corrected chi connectivity index (χ3v) is 4.32. The lowest BCUT2D eigenvalue weighted by molar-refractivity contribution is 0.529. The molecular weight excluding hydrogens is 252 g/mol. The van der Waals surface area contributed by atoms with E-state index in [0.717, 1.165) is 13.0 Å². The minimum Gasteiger partial charge on any atom is -0.314 e. The van der Waals surface area contributed by atoms with E-state index in [1.807, 2.05) is 0 Å². The van der Waals surface area contributed by atoms with E-state index in [1.54, 1.807) is 18.5 Å². The van der Waals surface area contributed by atoms with Crippen LogP contribution in [0.3, 0.4) is 0 Å². The second-order valence-corrected chi connectivity index (χ2v) is 6.35. The average Bonchev–Trinajstić information content (AvgIpc) is 2.99. The lowest BCUT2D eigenvalue weighted by Gasteiger charge is -2.05. The van der Waals surface area contributed by atoms with Crippen molar-refractivity contribution >= 4 is 10.0 Å². The highest BCUT2D eigenvalue weighted by atomic mass is 32.2. The molecule has 6 nitrogen and oxygen atoms in total. The normalized spacial score (nSPS) is 16.2. The van der Waals surface area contributed by atoms with Crippen LogP contribution in [0.5, 0.6) is 0 Å². The molecule has 0 amide bonds. The summed E-state index contributed by atoms with van der Waals surface area (Å²) in [6.07, 6.45) is 3.48. The molecule has 1 saturated carbocycles. The first-order valence-electron chi connectivity index (χ1n) is 6.20. The Kier molecular flexibility index (Phi) is 3.74. The van der Waals surface area contributed by atoms with Gasteiger partial charge in [-0.25, -0.2) is 13.6 Å². The predicted octanol–water partition coefficient (Wildman–Crippen LogP) is 0.289. The molecule has 0 aromatic carbocycles. The summed E-state index contributed by atoms with van der Waals surface area (Å²) in [5.41, 5.74) is 1.10. The van der Waals surface area contributed by atoms with Crippen LogP contribution in [0.4, 0.5) is 0 Å². The van der Waals surface area contributed by atoms with Crippen LogP contribution in [0.1, 0.15) is 30.7 Å². The van der Waals surface area contributed by atoms with Gasteiger partial charge in [-0.1, -0.05) is 0 Å². The lowest BCUT2D eigenvalue weighted by Crippen LogP contribution is -2.19. The summed E-state index contributed by atoms with van der Waals surface area (Å²) in [6.45, 7) is 5.06. The van der Waals surface area contributed by atoms with Crippen LogP contribution >= 0.6 is 0 Å². The fourth-order valence-electron chi connectivity index (χ4n) is 2.13.